The zero-order valence-electron chi connectivity index (χ0n) is 16.9. The van der Waals surface area contributed by atoms with Crippen molar-refractivity contribution in [1.29, 1.82) is 0 Å². The standard InChI is InChI=1S/C21H29N5O2/c1-16-5-4-6-17(13-16)15-22-25-19-14-20(26-9-11-28-12-10-26)24-18(23-19)7-8-21(2,3)27/h4-6,13-15,27H,7-12H2,1-3H3,(H,23,24,25)/b22-15+. The van der Waals surface area contributed by atoms with Crippen LogP contribution >= 0.6 is 0 Å². The molecule has 0 saturated carbocycles. The predicted molar refractivity (Wildman–Crippen MR) is 112 cm³/mol. The molecule has 1 saturated heterocycles. The van der Waals surface area contributed by atoms with Crippen LogP contribution in [0.2, 0.25) is 0 Å². The average Bonchev–Trinajstić information content (AvgIpc) is 2.67. The van der Waals surface area contributed by atoms with E-state index in [1.165, 1.54) is 5.56 Å². The highest BCUT2D eigenvalue weighted by molar-refractivity contribution is 5.80. The number of hydrogen-bond donors (Lipinski definition) is 2. The van der Waals surface area contributed by atoms with Crippen LogP contribution in [0.5, 0.6) is 0 Å². The molecule has 2 aromatic rings. The number of anilines is 2. The molecule has 0 bridgehead atoms. The maximum atomic E-state index is 10.0. The first-order valence-corrected chi connectivity index (χ1v) is 9.68. The van der Waals surface area contributed by atoms with E-state index in [4.69, 9.17) is 9.72 Å². The molecular weight excluding hydrogens is 354 g/mol. The van der Waals surface area contributed by atoms with Crippen LogP contribution in [0, 0.1) is 6.92 Å². The van der Waals surface area contributed by atoms with Gasteiger partial charge in [-0.3, -0.25) is 5.43 Å². The molecule has 1 aliphatic heterocycles. The second kappa shape index (κ2) is 9.12. The van der Waals surface area contributed by atoms with Crippen molar-refractivity contribution in [3.05, 3.63) is 47.3 Å². The summed E-state index contributed by atoms with van der Waals surface area (Å²) in [6, 6.07) is 10.0. The van der Waals surface area contributed by atoms with Crippen molar-refractivity contribution in [2.24, 2.45) is 5.10 Å². The molecule has 1 aromatic heterocycles. The molecule has 1 aromatic carbocycles. The lowest BCUT2D eigenvalue weighted by molar-refractivity contribution is 0.0708. The van der Waals surface area contributed by atoms with Crippen molar-refractivity contribution in [3.63, 3.8) is 0 Å². The molecule has 7 heteroatoms. The van der Waals surface area contributed by atoms with Gasteiger partial charge in [0.2, 0.25) is 0 Å². The summed E-state index contributed by atoms with van der Waals surface area (Å²) >= 11 is 0. The summed E-state index contributed by atoms with van der Waals surface area (Å²) < 4.78 is 5.44. The molecule has 3 rings (SSSR count). The number of nitrogens with one attached hydrogen (secondary N) is 1. The third-order valence-electron chi connectivity index (χ3n) is 4.49. The van der Waals surface area contributed by atoms with Crippen LogP contribution in [0.15, 0.2) is 35.4 Å². The van der Waals surface area contributed by atoms with Crippen LogP contribution in [0.4, 0.5) is 11.6 Å². The number of morpholine rings is 1. The molecule has 2 N–H and O–H groups in total. The fraction of sp³-hybridized carbons (Fsp3) is 0.476. The third-order valence-corrected chi connectivity index (χ3v) is 4.49. The van der Waals surface area contributed by atoms with E-state index in [0.29, 0.717) is 37.7 Å². The highest BCUT2D eigenvalue weighted by Gasteiger charge is 2.17. The number of ether oxygens (including phenoxy) is 1. The van der Waals surface area contributed by atoms with E-state index in [0.717, 1.165) is 24.5 Å². The van der Waals surface area contributed by atoms with Gasteiger partial charge >= 0.3 is 0 Å². The quantitative estimate of drug-likeness (QED) is 0.565. The average molecular weight is 383 g/mol. The highest BCUT2D eigenvalue weighted by Crippen LogP contribution is 2.19. The van der Waals surface area contributed by atoms with Crippen LogP contribution < -0.4 is 10.3 Å². The van der Waals surface area contributed by atoms with Crippen molar-refractivity contribution in [3.8, 4) is 0 Å². The topological polar surface area (TPSA) is 82.9 Å². The van der Waals surface area contributed by atoms with E-state index >= 15 is 0 Å². The molecule has 1 aliphatic rings. The zero-order valence-corrected chi connectivity index (χ0v) is 16.9. The van der Waals surface area contributed by atoms with Crippen LogP contribution in [-0.2, 0) is 11.2 Å². The normalized spacial score (nSPS) is 15.2. The maximum absolute atomic E-state index is 10.0. The lowest BCUT2D eigenvalue weighted by atomic mass is 10.0. The lowest BCUT2D eigenvalue weighted by Gasteiger charge is -2.28. The number of hydrogen-bond acceptors (Lipinski definition) is 7. The van der Waals surface area contributed by atoms with Gasteiger partial charge in [-0.1, -0.05) is 29.8 Å². The van der Waals surface area contributed by atoms with E-state index in [2.05, 4.69) is 39.5 Å². The number of aromatic nitrogens is 2. The Morgan fingerprint density at radius 3 is 2.75 bits per heavy atom. The second-order valence-corrected chi connectivity index (χ2v) is 7.72. The summed E-state index contributed by atoms with van der Waals surface area (Å²) in [4.78, 5) is 11.5. The van der Waals surface area contributed by atoms with Crippen LogP contribution in [0.3, 0.4) is 0 Å². The van der Waals surface area contributed by atoms with Crippen molar-refractivity contribution in [2.45, 2.75) is 39.2 Å². The van der Waals surface area contributed by atoms with Crippen molar-refractivity contribution in [2.75, 3.05) is 36.6 Å². The molecule has 0 spiro atoms. The molecular formula is C21H29N5O2. The van der Waals surface area contributed by atoms with Crippen molar-refractivity contribution in [1.82, 2.24) is 9.97 Å². The minimum atomic E-state index is -0.755. The second-order valence-electron chi connectivity index (χ2n) is 7.72. The van der Waals surface area contributed by atoms with E-state index in [-0.39, 0.29) is 0 Å². The molecule has 1 fully saturated rings. The van der Waals surface area contributed by atoms with Crippen LogP contribution in [-0.4, -0.2) is 53.2 Å². The molecule has 0 unspecified atom stereocenters. The van der Waals surface area contributed by atoms with Gasteiger partial charge in [0.25, 0.3) is 0 Å². The van der Waals surface area contributed by atoms with Gasteiger partial charge < -0.3 is 14.7 Å². The predicted octanol–water partition coefficient (Wildman–Crippen LogP) is 2.77. The molecule has 28 heavy (non-hydrogen) atoms. The SMILES string of the molecule is Cc1cccc(/C=N/Nc2cc(N3CCOCC3)nc(CCC(C)(C)O)n2)c1. The number of aliphatic hydroxyl groups is 1. The van der Waals surface area contributed by atoms with Gasteiger partial charge in [0, 0.05) is 25.6 Å². The Morgan fingerprint density at radius 2 is 2.04 bits per heavy atom. The summed E-state index contributed by atoms with van der Waals surface area (Å²) in [5.74, 6) is 2.20. The van der Waals surface area contributed by atoms with E-state index < -0.39 is 5.60 Å². The van der Waals surface area contributed by atoms with E-state index in [1.807, 2.05) is 18.2 Å². The Hall–Kier alpha value is -2.51. The molecule has 0 amide bonds. The van der Waals surface area contributed by atoms with Crippen LogP contribution in [0.1, 0.15) is 37.2 Å². The Labute approximate surface area is 166 Å². The Balaban J connectivity index is 1.77. The number of hydrazone groups is 1. The Bertz CT molecular complexity index is 811. The minimum Gasteiger partial charge on any atom is -0.390 e. The van der Waals surface area contributed by atoms with Crippen molar-refractivity contribution >= 4 is 17.9 Å². The Kier molecular flexibility index (Phi) is 6.59. The summed E-state index contributed by atoms with van der Waals surface area (Å²) in [6.07, 6.45) is 2.96. The van der Waals surface area contributed by atoms with E-state index in [1.54, 1.807) is 20.1 Å². The van der Waals surface area contributed by atoms with Crippen molar-refractivity contribution < 1.29 is 9.84 Å². The van der Waals surface area contributed by atoms with E-state index in [9.17, 15) is 5.11 Å². The summed E-state index contributed by atoms with van der Waals surface area (Å²) in [6.45, 7) is 8.63. The van der Waals surface area contributed by atoms with Gasteiger partial charge in [0.05, 0.1) is 25.0 Å². The first kappa shape index (κ1) is 20.2. The summed E-state index contributed by atoms with van der Waals surface area (Å²) in [5.41, 5.74) is 4.49. The molecule has 2 heterocycles. The largest absolute Gasteiger partial charge is 0.390 e. The van der Waals surface area contributed by atoms with Gasteiger partial charge in [-0.2, -0.15) is 5.10 Å². The Morgan fingerprint density at radius 1 is 1.25 bits per heavy atom. The minimum absolute atomic E-state index is 0.589. The summed E-state index contributed by atoms with van der Waals surface area (Å²) in [7, 11) is 0. The number of aryl methyl sites for hydroxylation is 2. The number of benzene rings is 1. The highest BCUT2D eigenvalue weighted by atomic mass is 16.5. The number of nitrogens with zero attached hydrogens (tertiary/aromatic N) is 4. The summed E-state index contributed by atoms with van der Waals surface area (Å²) in [5, 5.41) is 14.4. The molecule has 0 aliphatic carbocycles. The first-order valence-electron chi connectivity index (χ1n) is 9.68. The first-order chi connectivity index (χ1) is 13.4. The maximum Gasteiger partial charge on any atom is 0.152 e. The lowest BCUT2D eigenvalue weighted by Crippen LogP contribution is -2.37. The van der Waals surface area contributed by atoms with Crippen LogP contribution in [0.25, 0.3) is 0 Å². The zero-order chi connectivity index (χ0) is 20.0. The van der Waals surface area contributed by atoms with Gasteiger partial charge in [-0.05, 0) is 32.8 Å². The smallest absolute Gasteiger partial charge is 0.152 e. The third kappa shape index (κ3) is 6.28. The molecule has 7 nitrogen and oxygen atoms in total. The van der Waals surface area contributed by atoms with Gasteiger partial charge in [0.1, 0.15) is 11.6 Å². The fourth-order valence-corrected chi connectivity index (χ4v) is 2.95. The van der Waals surface area contributed by atoms with Gasteiger partial charge in [0.15, 0.2) is 5.82 Å². The fourth-order valence-electron chi connectivity index (χ4n) is 2.95. The van der Waals surface area contributed by atoms with Gasteiger partial charge in [-0.25, -0.2) is 9.97 Å². The molecule has 150 valence electrons. The van der Waals surface area contributed by atoms with Gasteiger partial charge in [-0.15, -0.1) is 0 Å². The molecule has 0 radical (unpaired) electrons. The number of rotatable bonds is 7. The monoisotopic (exact) mass is 383 g/mol. The molecule has 0 atom stereocenters.